The maximum atomic E-state index is 13.7. The third-order valence-electron chi connectivity index (χ3n) is 6.28. The molecule has 0 radical (unpaired) electrons. The Morgan fingerprint density at radius 3 is 2.45 bits per heavy atom. The van der Waals surface area contributed by atoms with Crippen LogP contribution in [0.4, 0.5) is 4.39 Å². The molecule has 2 aromatic carbocycles. The molecule has 0 bridgehead atoms. The van der Waals surface area contributed by atoms with E-state index in [1.165, 1.54) is 0 Å². The van der Waals surface area contributed by atoms with E-state index in [9.17, 15) is 9.18 Å². The molecule has 0 N–H and O–H groups in total. The Morgan fingerprint density at radius 1 is 0.966 bits per heavy atom. The number of hydrogen-bond donors (Lipinski definition) is 0. The molecule has 0 spiro atoms. The maximum Gasteiger partial charge on any atom is 0.257 e. The highest BCUT2D eigenvalue weighted by molar-refractivity contribution is 6.09. The molecule has 4 heteroatoms. The van der Waals surface area contributed by atoms with Crippen molar-refractivity contribution in [3.05, 3.63) is 71.4 Å². The number of carbonyl (C=O) groups excluding carboxylic acids is 1. The van der Waals surface area contributed by atoms with Crippen LogP contribution in [0.5, 0.6) is 0 Å². The fourth-order valence-corrected chi connectivity index (χ4v) is 4.64. The van der Waals surface area contributed by atoms with Crippen LogP contribution in [0, 0.1) is 0 Å². The minimum Gasteiger partial charge on any atom is -0.344 e. The monoisotopic (exact) mass is 392 g/mol. The number of aryl methyl sites for hydroxylation is 1. The molecule has 1 amide bonds. The lowest BCUT2D eigenvalue weighted by atomic mass is 9.89. The first-order valence-corrected chi connectivity index (χ1v) is 10.6. The number of nitrogens with zero attached hydrogens (tertiary/aromatic N) is 2. The van der Waals surface area contributed by atoms with Gasteiger partial charge in [0.1, 0.15) is 0 Å². The molecule has 0 saturated heterocycles. The largest absolute Gasteiger partial charge is 0.344 e. The summed E-state index contributed by atoms with van der Waals surface area (Å²) in [4.78, 5) is 15.7. The van der Waals surface area contributed by atoms with Crippen molar-refractivity contribution >= 4 is 16.8 Å². The minimum absolute atomic E-state index is 0.110. The van der Waals surface area contributed by atoms with Crippen LogP contribution >= 0.6 is 0 Å². The minimum atomic E-state index is -0.375. The number of carbonyl (C=O) groups is 1. The van der Waals surface area contributed by atoms with E-state index in [1.807, 2.05) is 35.2 Å². The number of fused-ring (bicyclic) bond motifs is 3. The summed E-state index contributed by atoms with van der Waals surface area (Å²) in [6.45, 7) is 5.54. The summed E-state index contributed by atoms with van der Waals surface area (Å²) in [5.74, 6) is 0.110. The zero-order chi connectivity index (χ0) is 20.4. The lowest BCUT2D eigenvalue weighted by molar-refractivity contribution is 0.0518. The summed E-state index contributed by atoms with van der Waals surface area (Å²) in [6.07, 6.45) is 3.26. The van der Waals surface area contributed by atoms with Gasteiger partial charge in [-0.05, 0) is 44.7 Å². The number of halogens is 1. The van der Waals surface area contributed by atoms with Crippen LogP contribution in [0.1, 0.15) is 54.7 Å². The Labute approximate surface area is 172 Å². The molecular weight excluding hydrogens is 363 g/mol. The lowest BCUT2D eigenvalue weighted by Crippen LogP contribution is -2.49. The van der Waals surface area contributed by atoms with Gasteiger partial charge in [0, 0.05) is 36.1 Å². The molecule has 152 valence electrons. The first kappa shape index (κ1) is 19.7. The Kier molecular flexibility index (Phi) is 5.44. The Morgan fingerprint density at radius 2 is 1.69 bits per heavy atom. The van der Waals surface area contributed by atoms with Gasteiger partial charge in [-0.2, -0.15) is 0 Å². The van der Waals surface area contributed by atoms with Crippen molar-refractivity contribution in [2.75, 3.05) is 13.2 Å². The highest BCUT2D eigenvalue weighted by atomic mass is 19.1. The lowest BCUT2D eigenvalue weighted by Gasteiger charge is -2.41. The van der Waals surface area contributed by atoms with E-state index in [1.54, 1.807) is 0 Å². The highest BCUT2D eigenvalue weighted by Gasteiger charge is 2.38. The van der Waals surface area contributed by atoms with Gasteiger partial charge in [-0.15, -0.1) is 0 Å². The molecule has 4 rings (SSSR count). The summed E-state index contributed by atoms with van der Waals surface area (Å²) in [7, 11) is 0. The number of benzene rings is 2. The van der Waals surface area contributed by atoms with Crippen LogP contribution in [-0.2, 0) is 18.5 Å². The van der Waals surface area contributed by atoms with E-state index >= 15 is 0 Å². The average molecular weight is 393 g/mol. The summed E-state index contributed by atoms with van der Waals surface area (Å²) in [5, 5.41) is 1.03. The predicted octanol–water partition coefficient (Wildman–Crippen LogP) is 5.71. The first-order chi connectivity index (χ1) is 14.1. The number of para-hydroxylation sites is 1. The normalized spacial score (nSPS) is 14.4. The van der Waals surface area contributed by atoms with Gasteiger partial charge >= 0.3 is 0 Å². The number of amides is 1. The van der Waals surface area contributed by atoms with Crippen LogP contribution in [0.25, 0.3) is 10.9 Å². The fraction of sp³-hybridized carbons (Fsp3) is 0.400. The molecule has 0 aliphatic carbocycles. The molecule has 0 unspecified atom stereocenters. The van der Waals surface area contributed by atoms with Gasteiger partial charge in [0.05, 0.1) is 17.8 Å². The van der Waals surface area contributed by atoms with Crippen molar-refractivity contribution in [3.63, 3.8) is 0 Å². The molecule has 1 aromatic heterocycles. The molecule has 29 heavy (non-hydrogen) atoms. The standard InChI is InChI=1S/C25H29FN2O/c1-25(2,19-11-5-3-6-12-19)28-18-15-22-23(24(28)29)20-13-7-8-14-21(20)27(22)17-10-4-9-16-26/h3,5-8,11-14H,4,9-10,15-18H2,1-2H3. The van der Waals surface area contributed by atoms with Gasteiger partial charge in [-0.25, -0.2) is 0 Å². The van der Waals surface area contributed by atoms with E-state index < -0.39 is 0 Å². The van der Waals surface area contributed by atoms with Crippen molar-refractivity contribution in [3.8, 4) is 0 Å². The van der Waals surface area contributed by atoms with E-state index in [2.05, 4.69) is 42.7 Å². The first-order valence-electron chi connectivity index (χ1n) is 10.6. The average Bonchev–Trinajstić information content (AvgIpc) is 3.06. The SMILES string of the molecule is CC(C)(c1ccccc1)N1CCc2c(c3ccccc3n2CCCCCF)C1=O. The van der Waals surface area contributed by atoms with Gasteiger partial charge < -0.3 is 9.47 Å². The van der Waals surface area contributed by atoms with E-state index in [4.69, 9.17) is 0 Å². The van der Waals surface area contributed by atoms with Gasteiger partial charge in [0.25, 0.3) is 5.91 Å². The topological polar surface area (TPSA) is 25.2 Å². The Hall–Kier alpha value is -2.62. The molecule has 0 atom stereocenters. The predicted molar refractivity (Wildman–Crippen MR) is 116 cm³/mol. The van der Waals surface area contributed by atoms with Crippen LogP contribution in [0.2, 0.25) is 0 Å². The van der Waals surface area contributed by atoms with Gasteiger partial charge in [-0.1, -0.05) is 48.5 Å². The second kappa shape index (κ2) is 8.02. The Bertz CT molecular complexity index is 1010. The van der Waals surface area contributed by atoms with Crippen molar-refractivity contribution in [1.29, 1.82) is 0 Å². The highest BCUT2D eigenvalue weighted by Crippen LogP contribution is 2.37. The molecule has 3 nitrogen and oxygen atoms in total. The van der Waals surface area contributed by atoms with Crippen molar-refractivity contribution in [2.45, 2.75) is 51.6 Å². The van der Waals surface area contributed by atoms with Crippen molar-refractivity contribution in [1.82, 2.24) is 9.47 Å². The molecule has 2 heterocycles. The molecule has 0 fully saturated rings. The second-order valence-electron chi connectivity index (χ2n) is 8.37. The maximum absolute atomic E-state index is 13.7. The van der Waals surface area contributed by atoms with E-state index in [-0.39, 0.29) is 18.1 Å². The number of hydrogen-bond acceptors (Lipinski definition) is 1. The molecular formula is C25H29FN2O. The van der Waals surface area contributed by atoms with Gasteiger partial charge in [0.2, 0.25) is 0 Å². The molecule has 0 saturated carbocycles. The zero-order valence-electron chi connectivity index (χ0n) is 17.3. The fourth-order valence-electron chi connectivity index (χ4n) is 4.64. The summed E-state index contributed by atoms with van der Waals surface area (Å²) >= 11 is 0. The van der Waals surface area contributed by atoms with Gasteiger partial charge in [-0.3, -0.25) is 9.18 Å². The number of unbranched alkanes of at least 4 members (excludes halogenated alkanes) is 2. The second-order valence-corrected chi connectivity index (χ2v) is 8.37. The molecule has 1 aliphatic heterocycles. The summed E-state index contributed by atoms with van der Waals surface area (Å²) < 4.78 is 14.8. The van der Waals surface area contributed by atoms with E-state index in [0.29, 0.717) is 13.0 Å². The smallest absolute Gasteiger partial charge is 0.257 e. The van der Waals surface area contributed by atoms with Crippen LogP contribution in [0.3, 0.4) is 0 Å². The quantitative estimate of drug-likeness (QED) is 0.473. The molecule has 3 aromatic rings. The number of alkyl halides is 1. The third-order valence-corrected chi connectivity index (χ3v) is 6.28. The molecule has 1 aliphatic rings. The Balaban J connectivity index is 1.72. The number of aromatic nitrogens is 1. The van der Waals surface area contributed by atoms with Crippen LogP contribution < -0.4 is 0 Å². The van der Waals surface area contributed by atoms with Crippen LogP contribution in [0.15, 0.2) is 54.6 Å². The third kappa shape index (κ3) is 3.45. The summed E-state index contributed by atoms with van der Waals surface area (Å²) in [6, 6.07) is 18.4. The summed E-state index contributed by atoms with van der Waals surface area (Å²) in [5.41, 5.74) is 3.87. The van der Waals surface area contributed by atoms with Crippen molar-refractivity contribution in [2.24, 2.45) is 0 Å². The van der Waals surface area contributed by atoms with Gasteiger partial charge in [0.15, 0.2) is 0 Å². The van der Waals surface area contributed by atoms with E-state index in [0.717, 1.165) is 53.5 Å². The number of rotatable bonds is 7. The van der Waals surface area contributed by atoms with Crippen LogP contribution in [-0.4, -0.2) is 28.6 Å². The van der Waals surface area contributed by atoms with Crippen molar-refractivity contribution < 1.29 is 9.18 Å². The zero-order valence-corrected chi connectivity index (χ0v) is 17.3.